The van der Waals surface area contributed by atoms with Gasteiger partial charge in [-0.2, -0.15) is 0 Å². The summed E-state index contributed by atoms with van der Waals surface area (Å²) < 4.78 is 0. The average molecular weight is 211 g/mol. The highest BCUT2D eigenvalue weighted by Gasteiger charge is 2.13. The van der Waals surface area contributed by atoms with E-state index in [-0.39, 0.29) is 0 Å². The molecule has 0 aliphatic heterocycles. The molecule has 0 fully saturated rings. The van der Waals surface area contributed by atoms with Crippen LogP contribution in [-0.4, -0.2) is 47.1 Å². The molecule has 0 aliphatic rings. The molecule has 84 valence electrons. The smallest absolute Gasteiger partial charge is 0.321 e. The zero-order valence-electron chi connectivity index (χ0n) is 8.81. The van der Waals surface area contributed by atoms with Crippen molar-refractivity contribution in [1.82, 2.24) is 9.88 Å². The van der Waals surface area contributed by atoms with E-state index in [1.807, 2.05) is 30.3 Å². The fourth-order valence-corrected chi connectivity index (χ4v) is 1.34. The van der Waals surface area contributed by atoms with Crippen LogP contribution in [0.1, 0.15) is 5.69 Å². The number of aromatic amines is 1. The molecule has 1 rings (SSSR count). The zero-order valence-corrected chi connectivity index (χ0v) is 8.81. The molecule has 0 bridgehead atoms. The molecular weight excluding hydrogens is 194 g/mol. The molecule has 1 atom stereocenters. The summed E-state index contributed by atoms with van der Waals surface area (Å²) in [7, 11) is 1.87. The van der Waals surface area contributed by atoms with Crippen molar-refractivity contribution >= 4 is 5.97 Å². The molecule has 4 N–H and O–H groups in total. The minimum absolute atomic E-state index is 0.371. The van der Waals surface area contributed by atoms with E-state index in [4.69, 9.17) is 10.8 Å². The molecule has 0 radical (unpaired) electrons. The van der Waals surface area contributed by atoms with E-state index in [1.54, 1.807) is 0 Å². The summed E-state index contributed by atoms with van der Waals surface area (Å²) in [5, 5.41) is 8.63. The number of hydrogen-bond donors (Lipinski definition) is 3. The van der Waals surface area contributed by atoms with Crippen LogP contribution < -0.4 is 5.73 Å². The van der Waals surface area contributed by atoms with Gasteiger partial charge in [0.25, 0.3) is 0 Å². The predicted octanol–water partition coefficient (Wildman–Crippen LogP) is -0.0991. The summed E-state index contributed by atoms with van der Waals surface area (Å²) in [6, 6.07) is 3.14. The molecule has 5 nitrogen and oxygen atoms in total. The molecule has 1 aromatic rings. The van der Waals surface area contributed by atoms with Crippen LogP contribution in [0.15, 0.2) is 18.3 Å². The molecule has 5 heteroatoms. The lowest BCUT2D eigenvalue weighted by molar-refractivity contribution is -0.138. The summed E-state index contributed by atoms with van der Waals surface area (Å²) in [6.45, 7) is 1.16. The first-order chi connectivity index (χ1) is 7.09. The third-order valence-electron chi connectivity index (χ3n) is 2.25. The van der Waals surface area contributed by atoms with Crippen LogP contribution in [0.25, 0.3) is 0 Å². The lowest BCUT2D eigenvalue weighted by atomic mass is 10.2. The Labute approximate surface area is 88.9 Å². The summed E-state index contributed by atoms with van der Waals surface area (Å²) in [5.41, 5.74) is 6.56. The van der Waals surface area contributed by atoms with E-state index in [0.717, 1.165) is 18.7 Å². The molecule has 0 spiro atoms. The van der Waals surface area contributed by atoms with Crippen LogP contribution in [-0.2, 0) is 11.2 Å². The SMILES string of the molecule is CN(CCc1ccc[nH]1)CC(N)C(=O)O. The number of carbonyl (C=O) groups is 1. The minimum atomic E-state index is -0.957. The molecule has 0 saturated heterocycles. The molecule has 0 saturated carbocycles. The van der Waals surface area contributed by atoms with Crippen molar-refractivity contribution in [2.45, 2.75) is 12.5 Å². The summed E-state index contributed by atoms with van der Waals surface area (Å²) in [4.78, 5) is 15.5. The first-order valence-electron chi connectivity index (χ1n) is 4.89. The number of carboxylic acid groups (broad SMARTS) is 1. The Morgan fingerprint density at radius 2 is 2.47 bits per heavy atom. The molecule has 0 aliphatic carbocycles. The van der Waals surface area contributed by atoms with Crippen molar-refractivity contribution in [1.29, 1.82) is 0 Å². The summed E-state index contributed by atoms with van der Waals surface area (Å²) in [5.74, 6) is -0.957. The monoisotopic (exact) mass is 211 g/mol. The Hall–Kier alpha value is -1.33. The van der Waals surface area contributed by atoms with Gasteiger partial charge in [-0.15, -0.1) is 0 Å². The summed E-state index contributed by atoms with van der Waals surface area (Å²) >= 11 is 0. The average Bonchev–Trinajstić information content (AvgIpc) is 2.66. The topological polar surface area (TPSA) is 82.3 Å². The maximum absolute atomic E-state index is 10.5. The van der Waals surface area contributed by atoms with Crippen molar-refractivity contribution < 1.29 is 9.90 Å². The van der Waals surface area contributed by atoms with Crippen molar-refractivity contribution in [3.8, 4) is 0 Å². The Morgan fingerprint density at radius 3 is 3.00 bits per heavy atom. The van der Waals surface area contributed by atoms with Crippen LogP contribution in [0.5, 0.6) is 0 Å². The molecule has 1 aromatic heterocycles. The van der Waals surface area contributed by atoms with Crippen LogP contribution >= 0.6 is 0 Å². The number of carboxylic acids is 1. The second kappa shape index (κ2) is 5.53. The quantitative estimate of drug-likeness (QED) is 0.613. The normalized spacial score (nSPS) is 13.0. The summed E-state index contributed by atoms with van der Waals surface area (Å²) in [6.07, 6.45) is 2.74. The standard InChI is InChI=1S/C10H17N3O2/c1-13(7-9(11)10(14)15)6-4-8-3-2-5-12-8/h2-3,5,9,12H,4,6-7,11H2,1H3,(H,14,15). The lowest BCUT2D eigenvalue weighted by Crippen LogP contribution is -2.41. The van der Waals surface area contributed by atoms with Crippen LogP contribution in [0.3, 0.4) is 0 Å². The van der Waals surface area contributed by atoms with E-state index < -0.39 is 12.0 Å². The number of H-pyrrole nitrogens is 1. The van der Waals surface area contributed by atoms with Gasteiger partial charge in [-0.25, -0.2) is 0 Å². The Kier molecular flexibility index (Phi) is 4.33. The second-order valence-corrected chi connectivity index (χ2v) is 3.65. The zero-order chi connectivity index (χ0) is 11.3. The van der Waals surface area contributed by atoms with E-state index in [2.05, 4.69) is 4.98 Å². The van der Waals surface area contributed by atoms with Crippen molar-refractivity contribution in [2.75, 3.05) is 20.1 Å². The van der Waals surface area contributed by atoms with Crippen molar-refractivity contribution in [3.05, 3.63) is 24.0 Å². The third kappa shape index (κ3) is 4.14. The Balaban J connectivity index is 2.24. The van der Waals surface area contributed by atoms with Crippen molar-refractivity contribution in [3.63, 3.8) is 0 Å². The van der Waals surface area contributed by atoms with Gasteiger partial charge in [-0.3, -0.25) is 4.79 Å². The second-order valence-electron chi connectivity index (χ2n) is 3.65. The minimum Gasteiger partial charge on any atom is -0.480 e. The van der Waals surface area contributed by atoms with Crippen LogP contribution in [0.4, 0.5) is 0 Å². The van der Waals surface area contributed by atoms with Gasteiger partial charge in [0.15, 0.2) is 0 Å². The van der Waals surface area contributed by atoms with E-state index >= 15 is 0 Å². The van der Waals surface area contributed by atoms with Gasteiger partial charge in [0.2, 0.25) is 0 Å². The number of likely N-dealkylation sites (N-methyl/N-ethyl adjacent to an activating group) is 1. The predicted molar refractivity (Wildman–Crippen MR) is 57.6 cm³/mol. The number of rotatable bonds is 6. The van der Waals surface area contributed by atoms with Gasteiger partial charge in [0.05, 0.1) is 0 Å². The highest BCUT2D eigenvalue weighted by atomic mass is 16.4. The number of aliphatic carboxylic acids is 1. The van der Waals surface area contributed by atoms with Gasteiger partial charge >= 0.3 is 5.97 Å². The van der Waals surface area contributed by atoms with Gasteiger partial charge in [-0.1, -0.05) is 0 Å². The van der Waals surface area contributed by atoms with Gasteiger partial charge in [0.1, 0.15) is 6.04 Å². The third-order valence-corrected chi connectivity index (χ3v) is 2.25. The highest BCUT2D eigenvalue weighted by Crippen LogP contribution is 1.97. The highest BCUT2D eigenvalue weighted by molar-refractivity contribution is 5.73. The Morgan fingerprint density at radius 1 is 1.73 bits per heavy atom. The molecule has 0 aromatic carbocycles. The van der Waals surface area contributed by atoms with Crippen molar-refractivity contribution in [2.24, 2.45) is 5.73 Å². The first-order valence-corrected chi connectivity index (χ1v) is 4.89. The van der Waals surface area contributed by atoms with Gasteiger partial charge < -0.3 is 20.7 Å². The maximum Gasteiger partial charge on any atom is 0.321 e. The Bertz CT molecular complexity index is 298. The number of nitrogens with two attached hydrogens (primary N) is 1. The van der Waals surface area contributed by atoms with E-state index in [9.17, 15) is 4.79 Å². The van der Waals surface area contributed by atoms with E-state index in [0.29, 0.717) is 6.54 Å². The molecule has 1 heterocycles. The number of hydrogen-bond acceptors (Lipinski definition) is 3. The largest absolute Gasteiger partial charge is 0.480 e. The van der Waals surface area contributed by atoms with Gasteiger partial charge in [-0.05, 0) is 19.2 Å². The van der Waals surface area contributed by atoms with Crippen LogP contribution in [0.2, 0.25) is 0 Å². The lowest BCUT2D eigenvalue weighted by Gasteiger charge is -2.18. The molecular formula is C10H17N3O2. The fourth-order valence-electron chi connectivity index (χ4n) is 1.34. The number of nitrogens with zero attached hydrogens (tertiary/aromatic N) is 1. The number of nitrogens with one attached hydrogen (secondary N) is 1. The maximum atomic E-state index is 10.5. The molecule has 15 heavy (non-hydrogen) atoms. The molecule has 1 unspecified atom stereocenters. The number of aromatic nitrogens is 1. The van der Waals surface area contributed by atoms with Gasteiger partial charge in [0, 0.05) is 31.4 Å². The molecule has 0 amide bonds. The van der Waals surface area contributed by atoms with E-state index in [1.165, 1.54) is 0 Å². The fraction of sp³-hybridized carbons (Fsp3) is 0.500. The first kappa shape index (κ1) is 11.7. The van der Waals surface area contributed by atoms with Crippen LogP contribution in [0, 0.1) is 0 Å².